The van der Waals surface area contributed by atoms with Gasteiger partial charge >= 0.3 is 0 Å². The van der Waals surface area contributed by atoms with E-state index in [1.54, 1.807) is 7.05 Å². The number of nitrogens with one attached hydrogen (secondary N) is 1. The second-order valence-electron chi connectivity index (χ2n) is 5.00. The second kappa shape index (κ2) is 7.14. The summed E-state index contributed by atoms with van der Waals surface area (Å²) < 4.78 is 28.7. The van der Waals surface area contributed by atoms with Crippen LogP contribution in [0.3, 0.4) is 0 Å². The molecule has 2 rings (SSSR count). The molecule has 2 aromatic rings. The van der Waals surface area contributed by atoms with Crippen molar-refractivity contribution in [2.45, 2.75) is 25.8 Å². The minimum absolute atomic E-state index is 0.0503. The molecule has 1 N–H and O–H groups in total. The SMILES string of the molecule is CCCc1cccc(C(NC)c2c(F)cc(Br)cc2F)c1. The van der Waals surface area contributed by atoms with Gasteiger partial charge in [-0.05, 0) is 36.7 Å². The summed E-state index contributed by atoms with van der Waals surface area (Å²) in [5.74, 6) is -1.11. The van der Waals surface area contributed by atoms with Crippen LogP contribution in [0.2, 0.25) is 0 Å². The van der Waals surface area contributed by atoms with Gasteiger partial charge in [0.2, 0.25) is 0 Å². The Labute approximate surface area is 132 Å². The van der Waals surface area contributed by atoms with Crippen LogP contribution in [0.15, 0.2) is 40.9 Å². The molecular weight excluding hydrogens is 336 g/mol. The van der Waals surface area contributed by atoms with Crippen molar-refractivity contribution in [3.05, 3.63) is 69.2 Å². The maximum Gasteiger partial charge on any atom is 0.132 e. The average molecular weight is 354 g/mol. The molecule has 0 saturated carbocycles. The Kier molecular flexibility index (Phi) is 5.48. The number of benzene rings is 2. The standard InChI is InChI=1S/C17H18BrF2N/c1-3-5-11-6-4-7-12(8-11)17(21-2)16-14(19)9-13(18)10-15(16)20/h4,6-10,17,21H,3,5H2,1-2H3. The normalized spacial score (nSPS) is 12.4. The molecule has 1 nitrogen and oxygen atoms in total. The fraction of sp³-hybridized carbons (Fsp3) is 0.294. The lowest BCUT2D eigenvalue weighted by molar-refractivity contribution is 0.521. The topological polar surface area (TPSA) is 12.0 Å². The van der Waals surface area contributed by atoms with Crippen molar-refractivity contribution < 1.29 is 8.78 Å². The van der Waals surface area contributed by atoms with Gasteiger partial charge in [0, 0.05) is 10.0 Å². The van der Waals surface area contributed by atoms with E-state index >= 15 is 0 Å². The summed E-state index contributed by atoms with van der Waals surface area (Å²) in [6, 6.07) is 9.94. The lowest BCUT2D eigenvalue weighted by Gasteiger charge is -2.19. The summed E-state index contributed by atoms with van der Waals surface area (Å²) in [5.41, 5.74) is 2.09. The van der Waals surface area contributed by atoms with Crippen molar-refractivity contribution in [1.29, 1.82) is 0 Å². The summed E-state index contributed by atoms with van der Waals surface area (Å²) in [5, 5.41) is 3.01. The molecule has 0 fully saturated rings. The third-order valence-electron chi connectivity index (χ3n) is 3.44. The van der Waals surface area contributed by atoms with E-state index in [2.05, 4.69) is 28.2 Å². The van der Waals surface area contributed by atoms with Gasteiger partial charge in [-0.2, -0.15) is 0 Å². The Balaban J connectivity index is 2.47. The van der Waals surface area contributed by atoms with Crippen LogP contribution in [0, 0.1) is 11.6 Å². The van der Waals surface area contributed by atoms with Crippen molar-refractivity contribution in [3.63, 3.8) is 0 Å². The summed E-state index contributed by atoms with van der Waals surface area (Å²) >= 11 is 3.11. The molecule has 1 unspecified atom stereocenters. The molecule has 0 saturated heterocycles. The molecule has 21 heavy (non-hydrogen) atoms. The molecule has 0 radical (unpaired) electrons. The van der Waals surface area contributed by atoms with Gasteiger partial charge in [0.1, 0.15) is 11.6 Å². The zero-order valence-corrected chi connectivity index (χ0v) is 13.7. The molecule has 0 aliphatic rings. The predicted octanol–water partition coefficient (Wildman–Crippen LogP) is 4.99. The Hall–Kier alpha value is -1.26. The largest absolute Gasteiger partial charge is 0.309 e. The lowest BCUT2D eigenvalue weighted by Crippen LogP contribution is -2.20. The van der Waals surface area contributed by atoms with Crippen molar-refractivity contribution in [2.75, 3.05) is 7.05 Å². The van der Waals surface area contributed by atoms with Crippen LogP contribution in [-0.2, 0) is 6.42 Å². The minimum Gasteiger partial charge on any atom is -0.309 e. The van der Waals surface area contributed by atoms with Gasteiger partial charge in [0.25, 0.3) is 0 Å². The van der Waals surface area contributed by atoms with E-state index in [4.69, 9.17) is 0 Å². The Morgan fingerprint density at radius 3 is 2.38 bits per heavy atom. The van der Waals surface area contributed by atoms with E-state index in [1.165, 1.54) is 17.7 Å². The van der Waals surface area contributed by atoms with Gasteiger partial charge in [0.05, 0.1) is 6.04 Å². The van der Waals surface area contributed by atoms with E-state index in [0.717, 1.165) is 18.4 Å². The quantitative estimate of drug-likeness (QED) is 0.798. The molecule has 0 aliphatic carbocycles. The van der Waals surface area contributed by atoms with E-state index < -0.39 is 17.7 Å². The fourth-order valence-electron chi connectivity index (χ4n) is 2.52. The lowest BCUT2D eigenvalue weighted by atomic mass is 9.95. The van der Waals surface area contributed by atoms with E-state index in [0.29, 0.717) is 4.47 Å². The van der Waals surface area contributed by atoms with Gasteiger partial charge in [0.15, 0.2) is 0 Å². The number of hydrogen-bond donors (Lipinski definition) is 1. The number of halogens is 3. The monoisotopic (exact) mass is 353 g/mol. The van der Waals surface area contributed by atoms with E-state index in [1.807, 2.05) is 24.3 Å². The first-order valence-corrected chi connectivity index (χ1v) is 7.76. The number of hydrogen-bond acceptors (Lipinski definition) is 1. The Morgan fingerprint density at radius 2 is 1.81 bits per heavy atom. The maximum atomic E-state index is 14.2. The second-order valence-corrected chi connectivity index (χ2v) is 5.92. The highest BCUT2D eigenvalue weighted by Gasteiger charge is 2.21. The Bertz CT molecular complexity index is 605. The van der Waals surface area contributed by atoms with Crippen molar-refractivity contribution in [3.8, 4) is 0 Å². The Morgan fingerprint density at radius 1 is 1.14 bits per heavy atom. The van der Waals surface area contributed by atoms with Crippen LogP contribution in [-0.4, -0.2) is 7.05 Å². The number of aryl methyl sites for hydroxylation is 1. The van der Waals surface area contributed by atoms with Crippen LogP contribution >= 0.6 is 15.9 Å². The summed E-state index contributed by atoms with van der Waals surface area (Å²) in [7, 11) is 1.71. The van der Waals surface area contributed by atoms with Crippen LogP contribution in [0.1, 0.15) is 36.1 Å². The first kappa shape index (κ1) is 16.1. The molecule has 0 heterocycles. The van der Waals surface area contributed by atoms with Crippen LogP contribution in [0.5, 0.6) is 0 Å². The zero-order valence-electron chi connectivity index (χ0n) is 12.1. The van der Waals surface area contributed by atoms with Crippen LogP contribution in [0.25, 0.3) is 0 Å². The highest BCUT2D eigenvalue weighted by Crippen LogP contribution is 2.29. The third kappa shape index (κ3) is 3.69. The van der Waals surface area contributed by atoms with E-state index in [9.17, 15) is 8.78 Å². The minimum atomic E-state index is -0.554. The van der Waals surface area contributed by atoms with Crippen molar-refractivity contribution in [1.82, 2.24) is 5.32 Å². The summed E-state index contributed by atoms with van der Waals surface area (Å²) in [4.78, 5) is 0. The smallest absolute Gasteiger partial charge is 0.132 e. The molecule has 0 aliphatic heterocycles. The highest BCUT2D eigenvalue weighted by atomic mass is 79.9. The first-order chi connectivity index (χ1) is 10.1. The summed E-state index contributed by atoms with van der Waals surface area (Å²) in [6.45, 7) is 2.11. The van der Waals surface area contributed by atoms with Crippen LogP contribution in [0.4, 0.5) is 8.78 Å². The molecule has 0 aromatic heterocycles. The zero-order chi connectivity index (χ0) is 15.4. The average Bonchev–Trinajstić information content (AvgIpc) is 2.43. The molecule has 0 amide bonds. The molecule has 1 atom stereocenters. The van der Waals surface area contributed by atoms with Crippen LogP contribution < -0.4 is 5.32 Å². The van der Waals surface area contributed by atoms with Gasteiger partial charge in [-0.3, -0.25) is 0 Å². The third-order valence-corrected chi connectivity index (χ3v) is 3.90. The number of rotatable bonds is 5. The van der Waals surface area contributed by atoms with Crippen molar-refractivity contribution in [2.24, 2.45) is 0 Å². The van der Waals surface area contributed by atoms with Gasteiger partial charge in [-0.25, -0.2) is 8.78 Å². The molecule has 112 valence electrons. The van der Waals surface area contributed by atoms with Gasteiger partial charge < -0.3 is 5.32 Å². The maximum absolute atomic E-state index is 14.2. The summed E-state index contributed by atoms with van der Waals surface area (Å²) in [6.07, 6.45) is 1.99. The highest BCUT2D eigenvalue weighted by molar-refractivity contribution is 9.10. The predicted molar refractivity (Wildman–Crippen MR) is 85.4 cm³/mol. The fourth-order valence-corrected chi connectivity index (χ4v) is 2.93. The van der Waals surface area contributed by atoms with Gasteiger partial charge in [-0.1, -0.05) is 53.5 Å². The molecule has 0 spiro atoms. The van der Waals surface area contributed by atoms with Crippen molar-refractivity contribution >= 4 is 15.9 Å². The molecule has 0 bridgehead atoms. The first-order valence-electron chi connectivity index (χ1n) is 6.97. The van der Waals surface area contributed by atoms with E-state index in [-0.39, 0.29) is 5.56 Å². The molecule has 2 aromatic carbocycles. The molecule has 4 heteroatoms. The van der Waals surface area contributed by atoms with Gasteiger partial charge in [-0.15, -0.1) is 0 Å². The molecular formula is C17H18BrF2N.